The van der Waals surface area contributed by atoms with Gasteiger partial charge in [-0.25, -0.2) is 4.98 Å². The molecule has 0 aliphatic carbocycles. The van der Waals surface area contributed by atoms with Crippen molar-refractivity contribution in [3.63, 3.8) is 0 Å². The van der Waals surface area contributed by atoms with Crippen molar-refractivity contribution in [2.24, 2.45) is 0 Å². The molecule has 2 aromatic heterocycles. The van der Waals surface area contributed by atoms with Gasteiger partial charge in [-0.15, -0.1) is 0 Å². The summed E-state index contributed by atoms with van der Waals surface area (Å²) in [6, 6.07) is 3.21. The van der Waals surface area contributed by atoms with Gasteiger partial charge in [0.2, 0.25) is 11.9 Å². The van der Waals surface area contributed by atoms with Crippen molar-refractivity contribution < 1.29 is 4.79 Å². The van der Waals surface area contributed by atoms with Crippen molar-refractivity contribution in [2.45, 2.75) is 25.8 Å². The SMILES string of the molecule is CCC[C@H](Nc1nc(N)nc2cccnc12)C(=O)NC. The Kier molecular flexibility index (Phi) is 4.29. The number of likely N-dealkylation sites (N-methyl/N-ethyl adjacent to an activating group) is 1. The molecule has 7 heteroatoms. The van der Waals surface area contributed by atoms with E-state index in [0.29, 0.717) is 23.3 Å². The zero-order valence-electron chi connectivity index (χ0n) is 11.6. The number of carbonyl (C=O) groups is 1. The molecule has 0 saturated heterocycles. The Morgan fingerprint density at radius 3 is 2.95 bits per heavy atom. The number of rotatable bonds is 5. The van der Waals surface area contributed by atoms with E-state index in [-0.39, 0.29) is 17.9 Å². The number of hydrogen-bond donors (Lipinski definition) is 3. The molecule has 0 radical (unpaired) electrons. The van der Waals surface area contributed by atoms with E-state index in [1.165, 1.54) is 0 Å². The topological polar surface area (TPSA) is 106 Å². The molecule has 0 aliphatic rings. The van der Waals surface area contributed by atoms with E-state index >= 15 is 0 Å². The first-order chi connectivity index (χ1) is 9.65. The summed E-state index contributed by atoms with van der Waals surface area (Å²) in [6.45, 7) is 2.02. The smallest absolute Gasteiger partial charge is 0.242 e. The van der Waals surface area contributed by atoms with Crippen LogP contribution in [0.5, 0.6) is 0 Å². The predicted octanol–water partition coefficient (Wildman–Crippen LogP) is 0.934. The summed E-state index contributed by atoms with van der Waals surface area (Å²) in [6.07, 6.45) is 3.22. The third-order valence-corrected chi connectivity index (χ3v) is 2.92. The molecule has 0 spiro atoms. The molecule has 20 heavy (non-hydrogen) atoms. The molecule has 2 aromatic rings. The van der Waals surface area contributed by atoms with Crippen LogP contribution >= 0.6 is 0 Å². The van der Waals surface area contributed by atoms with Gasteiger partial charge < -0.3 is 16.4 Å². The van der Waals surface area contributed by atoms with Crippen molar-refractivity contribution >= 4 is 28.7 Å². The molecule has 7 nitrogen and oxygen atoms in total. The minimum absolute atomic E-state index is 0.0897. The fraction of sp³-hybridized carbons (Fsp3) is 0.385. The number of hydrogen-bond acceptors (Lipinski definition) is 6. The van der Waals surface area contributed by atoms with Gasteiger partial charge in [0.15, 0.2) is 5.82 Å². The lowest BCUT2D eigenvalue weighted by molar-refractivity contribution is -0.121. The fourth-order valence-corrected chi connectivity index (χ4v) is 1.98. The summed E-state index contributed by atoms with van der Waals surface area (Å²) >= 11 is 0. The summed E-state index contributed by atoms with van der Waals surface area (Å²) in [7, 11) is 1.61. The zero-order valence-corrected chi connectivity index (χ0v) is 11.6. The Bertz CT molecular complexity index is 615. The molecule has 0 aliphatic heterocycles. The van der Waals surface area contributed by atoms with E-state index in [1.54, 1.807) is 25.4 Å². The maximum atomic E-state index is 11.9. The van der Waals surface area contributed by atoms with Gasteiger partial charge >= 0.3 is 0 Å². The summed E-state index contributed by atoms with van der Waals surface area (Å²) in [5.74, 6) is 0.545. The van der Waals surface area contributed by atoms with Crippen molar-refractivity contribution in [3.8, 4) is 0 Å². The molecule has 1 amide bonds. The number of anilines is 2. The summed E-state index contributed by atoms with van der Waals surface area (Å²) in [5.41, 5.74) is 6.94. The summed E-state index contributed by atoms with van der Waals surface area (Å²) < 4.78 is 0. The van der Waals surface area contributed by atoms with Gasteiger partial charge in [0.05, 0.1) is 5.52 Å². The first-order valence-corrected chi connectivity index (χ1v) is 6.52. The van der Waals surface area contributed by atoms with E-state index in [2.05, 4.69) is 25.6 Å². The Hall–Kier alpha value is -2.44. The third kappa shape index (κ3) is 2.93. The number of amides is 1. The van der Waals surface area contributed by atoms with Crippen LogP contribution in [0.2, 0.25) is 0 Å². The maximum absolute atomic E-state index is 11.9. The standard InChI is InChI=1S/C13H18N6O/c1-3-5-9(12(20)15-2)17-11-10-8(6-4-7-16-10)18-13(14)19-11/h4,6-7,9H,3,5H2,1-2H3,(H,15,20)(H3,14,17,18,19)/t9-/m0/s1. The first-order valence-electron chi connectivity index (χ1n) is 6.52. The van der Waals surface area contributed by atoms with Crippen LogP contribution in [0.1, 0.15) is 19.8 Å². The lowest BCUT2D eigenvalue weighted by Crippen LogP contribution is -2.38. The van der Waals surface area contributed by atoms with Gasteiger partial charge in [-0.05, 0) is 18.6 Å². The number of fused-ring (bicyclic) bond motifs is 1. The molecular weight excluding hydrogens is 256 g/mol. The van der Waals surface area contributed by atoms with Crippen LogP contribution in [0.3, 0.4) is 0 Å². The van der Waals surface area contributed by atoms with Gasteiger partial charge in [0, 0.05) is 13.2 Å². The first kappa shape index (κ1) is 14.0. The second-order valence-electron chi connectivity index (χ2n) is 4.40. The van der Waals surface area contributed by atoms with Gasteiger partial charge in [0.25, 0.3) is 0 Å². The van der Waals surface area contributed by atoms with E-state index < -0.39 is 0 Å². The highest BCUT2D eigenvalue weighted by Crippen LogP contribution is 2.19. The number of nitrogen functional groups attached to an aromatic ring is 1. The van der Waals surface area contributed by atoms with E-state index in [9.17, 15) is 4.79 Å². The molecule has 0 bridgehead atoms. The molecule has 0 saturated carbocycles. The molecular formula is C13H18N6O. The molecule has 106 valence electrons. The Labute approximate surface area is 117 Å². The van der Waals surface area contributed by atoms with Crippen LogP contribution in [-0.2, 0) is 4.79 Å². The predicted molar refractivity (Wildman–Crippen MR) is 78.1 cm³/mol. The summed E-state index contributed by atoms with van der Waals surface area (Å²) in [5, 5.41) is 5.75. The largest absolute Gasteiger partial charge is 0.368 e. The highest BCUT2D eigenvalue weighted by molar-refractivity contribution is 5.90. The Morgan fingerprint density at radius 2 is 2.25 bits per heavy atom. The van der Waals surface area contributed by atoms with Gasteiger partial charge in [-0.3, -0.25) is 9.78 Å². The van der Waals surface area contributed by atoms with Crippen molar-refractivity contribution in [3.05, 3.63) is 18.3 Å². The van der Waals surface area contributed by atoms with Crippen molar-refractivity contribution in [1.82, 2.24) is 20.3 Å². The van der Waals surface area contributed by atoms with E-state index in [1.807, 2.05) is 6.92 Å². The number of aromatic nitrogens is 3. The van der Waals surface area contributed by atoms with Gasteiger partial charge in [-0.1, -0.05) is 13.3 Å². The Morgan fingerprint density at radius 1 is 1.45 bits per heavy atom. The van der Waals surface area contributed by atoms with E-state index in [0.717, 1.165) is 6.42 Å². The summed E-state index contributed by atoms with van der Waals surface area (Å²) in [4.78, 5) is 24.4. The van der Waals surface area contributed by atoms with Crippen LogP contribution in [0.15, 0.2) is 18.3 Å². The minimum atomic E-state index is -0.371. The number of carbonyl (C=O) groups excluding carboxylic acids is 1. The highest BCUT2D eigenvalue weighted by Gasteiger charge is 2.18. The highest BCUT2D eigenvalue weighted by atomic mass is 16.2. The molecule has 0 aromatic carbocycles. The lowest BCUT2D eigenvalue weighted by atomic mass is 10.1. The lowest BCUT2D eigenvalue weighted by Gasteiger charge is -2.17. The molecule has 2 heterocycles. The molecule has 1 atom stereocenters. The molecule has 0 fully saturated rings. The van der Waals surface area contributed by atoms with Crippen LogP contribution in [0, 0.1) is 0 Å². The number of nitrogens with one attached hydrogen (secondary N) is 2. The number of nitrogens with zero attached hydrogens (tertiary/aromatic N) is 3. The van der Waals surface area contributed by atoms with Crippen LogP contribution in [0.25, 0.3) is 11.0 Å². The second kappa shape index (κ2) is 6.14. The van der Waals surface area contributed by atoms with Crippen LogP contribution in [-0.4, -0.2) is 33.9 Å². The molecule has 2 rings (SSSR count). The third-order valence-electron chi connectivity index (χ3n) is 2.92. The maximum Gasteiger partial charge on any atom is 0.242 e. The number of nitrogens with two attached hydrogens (primary N) is 1. The van der Waals surface area contributed by atoms with Crippen molar-refractivity contribution in [2.75, 3.05) is 18.1 Å². The average molecular weight is 274 g/mol. The Balaban J connectivity index is 2.38. The normalized spacial score (nSPS) is 12.1. The zero-order chi connectivity index (χ0) is 14.5. The van der Waals surface area contributed by atoms with Crippen molar-refractivity contribution in [1.29, 1.82) is 0 Å². The molecule has 0 unspecified atom stereocenters. The van der Waals surface area contributed by atoms with Gasteiger partial charge in [-0.2, -0.15) is 4.98 Å². The minimum Gasteiger partial charge on any atom is -0.368 e. The monoisotopic (exact) mass is 274 g/mol. The van der Waals surface area contributed by atoms with Crippen LogP contribution in [0.4, 0.5) is 11.8 Å². The second-order valence-corrected chi connectivity index (χ2v) is 4.40. The average Bonchev–Trinajstić information content (AvgIpc) is 2.45. The number of pyridine rings is 1. The van der Waals surface area contributed by atoms with Gasteiger partial charge in [0.1, 0.15) is 11.6 Å². The fourth-order valence-electron chi connectivity index (χ4n) is 1.98. The molecule has 4 N–H and O–H groups in total. The quantitative estimate of drug-likeness (QED) is 0.749. The van der Waals surface area contributed by atoms with E-state index in [4.69, 9.17) is 5.73 Å². The van der Waals surface area contributed by atoms with Crippen LogP contribution < -0.4 is 16.4 Å².